The number of aliphatic carboxylic acids is 1. The van der Waals surface area contributed by atoms with Crippen molar-refractivity contribution in [2.24, 2.45) is 17.6 Å². The van der Waals surface area contributed by atoms with Crippen LogP contribution in [0.4, 0.5) is 0 Å². The standard InChI is InChI=1S/C23H33N9O6S/c1-10-18-17(11(2)27-16(34)8-31-9-26-28-29-31)22(36)32(18)19(23(37)38)20(10)39-12-5-14(25-6-12)21(35)30-4-3-13(24)15(33)7-30/h9-15,17-18,25,33H,3-8,24H2,1-2H3,(H,27,34)(H,37,38)/t10-,11-,12+,13?,14+,15?,17?,18-/m1/s1. The number of fused-ring (bicyclic) bond motifs is 1. The SMILES string of the molecule is C[C@@H](NC(=O)Cn1cnnn1)C1C(=O)N2C(C(=O)O)=C(S[C@@H]3CN[C@H](C(=O)N4CCC(N)C(O)C4)C3)[C@H](C)[C@H]12. The minimum Gasteiger partial charge on any atom is -0.477 e. The predicted molar refractivity (Wildman–Crippen MR) is 136 cm³/mol. The Bertz CT molecular complexity index is 1180. The molecule has 0 aromatic carbocycles. The lowest BCUT2D eigenvalue weighted by molar-refractivity contribution is -0.158. The molecule has 4 aliphatic rings. The van der Waals surface area contributed by atoms with E-state index in [-0.39, 0.29) is 59.8 Å². The van der Waals surface area contributed by atoms with E-state index in [0.29, 0.717) is 30.8 Å². The van der Waals surface area contributed by atoms with Crippen LogP contribution >= 0.6 is 11.8 Å². The molecule has 15 nitrogen and oxygen atoms in total. The molecule has 8 atom stereocenters. The number of piperidine rings is 1. The number of carboxylic acid groups (broad SMARTS) is 1. The van der Waals surface area contributed by atoms with Crippen LogP contribution in [0, 0.1) is 11.8 Å². The van der Waals surface area contributed by atoms with E-state index in [1.807, 2.05) is 6.92 Å². The van der Waals surface area contributed by atoms with Gasteiger partial charge in [-0.05, 0) is 30.2 Å². The largest absolute Gasteiger partial charge is 0.477 e. The number of β-amino-alcohol motifs (C(OH)–C–C–N with tert-alkyl or cyclic N) is 1. The van der Waals surface area contributed by atoms with Gasteiger partial charge < -0.3 is 36.4 Å². The summed E-state index contributed by atoms with van der Waals surface area (Å²) < 4.78 is 1.27. The summed E-state index contributed by atoms with van der Waals surface area (Å²) >= 11 is 1.40. The first-order valence-corrected chi connectivity index (χ1v) is 13.9. The number of nitrogens with two attached hydrogens (primary N) is 1. The van der Waals surface area contributed by atoms with Crippen molar-refractivity contribution in [2.45, 2.75) is 68.8 Å². The van der Waals surface area contributed by atoms with Gasteiger partial charge in [-0.1, -0.05) is 6.92 Å². The monoisotopic (exact) mass is 563 g/mol. The van der Waals surface area contributed by atoms with Crippen LogP contribution in [0.1, 0.15) is 26.7 Å². The van der Waals surface area contributed by atoms with Gasteiger partial charge in [0.05, 0.1) is 24.1 Å². The van der Waals surface area contributed by atoms with E-state index in [0.717, 1.165) is 0 Å². The van der Waals surface area contributed by atoms with Crippen LogP contribution in [0.2, 0.25) is 0 Å². The number of carbonyl (C=O) groups excluding carboxylic acids is 3. The van der Waals surface area contributed by atoms with Crippen LogP contribution in [0.5, 0.6) is 0 Å². The summed E-state index contributed by atoms with van der Waals surface area (Å²) in [4.78, 5) is 54.4. The fourth-order valence-corrected chi connectivity index (χ4v) is 7.50. The van der Waals surface area contributed by atoms with Gasteiger partial charge in [0.1, 0.15) is 18.6 Å². The summed E-state index contributed by atoms with van der Waals surface area (Å²) in [7, 11) is 0. The number of amides is 3. The lowest BCUT2D eigenvalue weighted by Crippen LogP contribution is -2.66. The summed E-state index contributed by atoms with van der Waals surface area (Å²) in [6.07, 6.45) is 1.59. The molecule has 0 aliphatic carbocycles. The van der Waals surface area contributed by atoms with Crippen LogP contribution in [-0.4, -0.2) is 119 Å². The first kappa shape index (κ1) is 27.5. The van der Waals surface area contributed by atoms with Gasteiger partial charge in [0.25, 0.3) is 0 Å². The van der Waals surface area contributed by atoms with Crippen molar-refractivity contribution in [1.29, 1.82) is 0 Å². The summed E-state index contributed by atoms with van der Waals surface area (Å²) in [5, 5.41) is 36.7. The smallest absolute Gasteiger partial charge is 0.353 e. The zero-order chi connectivity index (χ0) is 28.0. The second-order valence-corrected chi connectivity index (χ2v) is 12.0. The van der Waals surface area contributed by atoms with Crippen LogP contribution in [0.15, 0.2) is 16.9 Å². The number of likely N-dealkylation sites (tertiary alicyclic amines) is 1. The first-order valence-electron chi connectivity index (χ1n) is 13.0. The predicted octanol–water partition coefficient (Wildman–Crippen LogP) is -2.67. The molecule has 3 unspecified atom stereocenters. The number of thioether (sulfide) groups is 1. The molecule has 1 aromatic rings. The highest BCUT2D eigenvalue weighted by Crippen LogP contribution is 2.51. The highest BCUT2D eigenvalue weighted by atomic mass is 32.2. The number of hydrogen-bond acceptors (Lipinski definition) is 11. The van der Waals surface area contributed by atoms with Crippen molar-refractivity contribution < 1.29 is 29.4 Å². The number of carboxylic acids is 1. The lowest BCUT2D eigenvalue weighted by atomic mass is 9.78. The van der Waals surface area contributed by atoms with E-state index >= 15 is 0 Å². The molecule has 5 rings (SSSR count). The van der Waals surface area contributed by atoms with Crippen molar-refractivity contribution >= 4 is 35.5 Å². The maximum Gasteiger partial charge on any atom is 0.353 e. The summed E-state index contributed by atoms with van der Waals surface area (Å²) in [6, 6.07) is -1.68. The number of carbonyl (C=O) groups is 4. The van der Waals surface area contributed by atoms with Gasteiger partial charge in [-0.3, -0.25) is 14.4 Å². The molecule has 212 valence electrons. The van der Waals surface area contributed by atoms with E-state index < -0.39 is 30.1 Å². The summed E-state index contributed by atoms with van der Waals surface area (Å²) in [5.74, 6) is -2.79. The molecule has 39 heavy (non-hydrogen) atoms. The molecule has 3 fully saturated rings. The molecular weight excluding hydrogens is 530 g/mol. The molecule has 0 bridgehead atoms. The fourth-order valence-electron chi connectivity index (χ4n) is 6.02. The number of aliphatic hydroxyl groups is 1. The van der Waals surface area contributed by atoms with Crippen molar-refractivity contribution in [1.82, 2.24) is 40.6 Å². The van der Waals surface area contributed by atoms with Gasteiger partial charge in [0, 0.05) is 47.8 Å². The summed E-state index contributed by atoms with van der Waals surface area (Å²) in [6.45, 7) is 4.73. The average Bonchev–Trinajstić information content (AvgIpc) is 3.61. The van der Waals surface area contributed by atoms with Crippen molar-refractivity contribution in [3.05, 3.63) is 16.9 Å². The van der Waals surface area contributed by atoms with Gasteiger partial charge in [0.15, 0.2) is 0 Å². The van der Waals surface area contributed by atoms with Gasteiger partial charge in [-0.15, -0.1) is 16.9 Å². The molecule has 0 saturated carbocycles. The molecule has 4 aliphatic heterocycles. The van der Waals surface area contributed by atoms with Gasteiger partial charge >= 0.3 is 5.97 Å². The molecule has 3 saturated heterocycles. The minimum absolute atomic E-state index is 0.0196. The third kappa shape index (κ3) is 5.13. The molecule has 6 N–H and O–H groups in total. The van der Waals surface area contributed by atoms with E-state index in [2.05, 4.69) is 26.2 Å². The number of aromatic nitrogens is 4. The molecule has 0 radical (unpaired) electrons. The molecule has 3 amide bonds. The molecule has 0 spiro atoms. The average molecular weight is 564 g/mol. The molecular formula is C23H33N9O6S. The lowest BCUT2D eigenvalue weighted by Gasteiger charge is -2.47. The Morgan fingerprint density at radius 3 is 2.79 bits per heavy atom. The highest BCUT2D eigenvalue weighted by Gasteiger charge is 2.60. The number of rotatable bonds is 8. The number of nitrogens with zero attached hydrogens (tertiary/aromatic N) is 6. The number of aliphatic hydroxyl groups excluding tert-OH is 1. The third-order valence-electron chi connectivity index (χ3n) is 8.04. The maximum absolute atomic E-state index is 13.1. The van der Waals surface area contributed by atoms with Crippen LogP contribution in [0.3, 0.4) is 0 Å². The minimum atomic E-state index is -1.17. The Morgan fingerprint density at radius 2 is 2.13 bits per heavy atom. The number of hydrogen-bond donors (Lipinski definition) is 5. The Balaban J connectivity index is 1.22. The Morgan fingerprint density at radius 1 is 1.36 bits per heavy atom. The Hall–Kier alpha value is -3.08. The Kier molecular flexibility index (Phi) is 7.63. The summed E-state index contributed by atoms with van der Waals surface area (Å²) in [5.41, 5.74) is 5.84. The van der Waals surface area contributed by atoms with Crippen molar-refractivity contribution in [2.75, 3.05) is 19.6 Å². The molecule has 16 heteroatoms. The van der Waals surface area contributed by atoms with Crippen LogP contribution < -0.4 is 16.4 Å². The highest BCUT2D eigenvalue weighted by molar-refractivity contribution is 8.03. The second-order valence-electron chi connectivity index (χ2n) is 10.6. The van der Waals surface area contributed by atoms with E-state index in [4.69, 9.17) is 5.73 Å². The maximum atomic E-state index is 13.1. The number of β-lactam (4-membered cyclic amide) rings is 1. The third-order valence-corrected chi connectivity index (χ3v) is 9.56. The van der Waals surface area contributed by atoms with Crippen LogP contribution in [-0.2, 0) is 25.7 Å². The molecule has 1 aromatic heterocycles. The second kappa shape index (κ2) is 10.8. The van der Waals surface area contributed by atoms with E-state index in [9.17, 15) is 29.4 Å². The first-order chi connectivity index (χ1) is 18.6. The Labute approximate surface area is 228 Å². The van der Waals surface area contributed by atoms with Crippen LogP contribution in [0.25, 0.3) is 0 Å². The van der Waals surface area contributed by atoms with E-state index in [1.165, 1.54) is 27.7 Å². The normalized spacial score (nSPS) is 33.1. The fraction of sp³-hybridized carbons (Fsp3) is 0.696. The van der Waals surface area contributed by atoms with Gasteiger partial charge in [-0.2, -0.15) is 0 Å². The topological polar surface area (TPSA) is 209 Å². The van der Waals surface area contributed by atoms with Crippen molar-refractivity contribution in [3.63, 3.8) is 0 Å². The van der Waals surface area contributed by atoms with Gasteiger partial charge in [-0.25, -0.2) is 9.48 Å². The van der Waals surface area contributed by atoms with E-state index in [1.54, 1.807) is 11.8 Å². The zero-order valence-corrected chi connectivity index (χ0v) is 22.5. The molecule has 5 heterocycles. The number of tetrazole rings is 1. The quantitative estimate of drug-likeness (QED) is 0.205. The van der Waals surface area contributed by atoms with Crippen molar-refractivity contribution in [3.8, 4) is 0 Å². The number of nitrogens with one attached hydrogen (secondary N) is 2. The zero-order valence-electron chi connectivity index (χ0n) is 21.6. The van der Waals surface area contributed by atoms with Gasteiger partial charge in [0.2, 0.25) is 17.7 Å².